The van der Waals surface area contributed by atoms with Crippen LogP contribution in [0.4, 0.5) is 46.0 Å². The minimum Gasteiger partial charge on any atom is -0.453 e. The third-order valence-corrected chi connectivity index (χ3v) is 8.81. The second kappa shape index (κ2) is 12.4. The Balaban J connectivity index is 1.37. The van der Waals surface area contributed by atoms with E-state index in [2.05, 4.69) is 10.1 Å². The number of ether oxygens (including phenoxy) is 1. The number of rotatable bonds is 5. The maximum atomic E-state index is 13.8. The highest BCUT2D eigenvalue weighted by atomic mass is 19.4. The van der Waals surface area contributed by atoms with Gasteiger partial charge in [-0.15, -0.1) is 0 Å². The second-order valence-corrected chi connectivity index (χ2v) is 11.5. The van der Waals surface area contributed by atoms with Crippen LogP contribution in [0.1, 0.15) is 48.3 Å². The molecule has 0 spiro atoms. The topological polar surface area (TPSA) is 82.2 Å². The molecule has 2 aliphatic heterocycles. The minimum atomic E-state index is -5.08. The first-order valence-corrected chi connectivity index (χ1v) is 14.4. The van der Waals surface area contributed by atoms with Crippen molar-refractivity contribution in [3.63, 3.8) is 0 Å². The highest BCUT2D eigenvalue weighted by Crippen LogP contribution is 2.41. The second-order valence-electron chi connectivity index (χ2n) is 11.5. The quantitative estimate of drug-likeness (QED) is 0.404. The first-order chi connectivity index (χ1) is 21.2. The van der Waals surface area contributed by atoms with Crippen LogP contribution in [-0.2, 0) is 21.9 Å². The number of anilines is 1. The van der Waals surface area contributed by atoms with Crippen LogP contribution in [0.5, 0.6) is 0 Å². The van der Waals surface area contributed by atoms with Crippen molar-refractivity contribution < 1.29 is 49.9 Å². The number of likely N-dealkylation sites (tertiary alicyclic amines) is 1. The van der Waals surface area contributed by atoms with E-state index in [1.807, 2.05) is 0 Å². The zero-order valence-electron chi connectivity index (χ0n) is 24.1. The van der Waals surface area contributed by atoms with E-state index in [0.717, 1.165) is 4.90 Å². The largest absolute Gasteiger partial charge is 0.453 e. The molecule has 0 unspecified atom stereocenters. The Labute approximate surface area is 254 Å². The van der Waals surface area contributed by atoms with Crippen LogP contribution in [0.25, 0.3) is 0 Å². The van der Waals surface area contributed by atoms with Crippen molar-refractivity contribution in [3.8, 4) is 0 Å². The van der Waals surface area contributed by atoms with Crippen LogP contribution in [-0.4, -0.2) is 73.2 Å². The maximum absolute atomic E-state index is 13.8. The van der Waals surface area contributed by atoms with Gasteiger partial charge in [-0.2, -0.15) is 26.3 Å². The van der Waals surface area contributed by atoms with Gasteiger partial charge in [0.15, 0.2) is 0 Å². The Bertz CT molecular complexity index is 1390. The van der Waals surface area contributed by atoms with Crippen molar-refractivity contribution in [1.82, 2.24) is 15.1 Å². The number of methoxy groups -OCH3 is 1. The van der Waals surface area contributed by atoms with Gasteiger partial charge in [-0.1, -0.05) is 12.1 Å². The van der Waals surface area contributed by atoms with Gasteiger partial charge < -0.3 is 19.9 Å². The first-order valence-electron chi connectivity index (χ1n) is 14.4. The zero-order chi connectivity index (χ0) is 32.7. The molecule has 1 saturated carbocycles. The number of nitrogens with zero attached hydrogens (tertiary/aromatic N) is 3. The highest BCUT2D eigenvalue weighted by Gasteiger charge is 2.47. The smallest absolute Gasteiger partial charge is 0.416 e. The number of halogens is 7. The average molecular weight is 645 g/mol. The van der Waals surface area contributed by atoms with Crippen LogP contribution in [0.2, 0.25) is 0 Å². The molecule has 45 heavy (non-hydrogen) atoms. The Morgan fingerprint density at radius 3 is 2.02 bits per heavy atom. The predicted molar refractivity (Wildman–Crippen MR) is 147 cm³/mol. The number of carbonyl (C=O) groups excluding carboxylic acids is 3. The van der Waals surface area contributed by atoms with E-state index in [0.29, 0.717) is 43.4 Å². The molecule has 0 aromatic heterocycles. The van der Waals surface area contributed by atoms with Crippen LogP contribution < -0.4 is 10.2 Å². The molecule has 0 bridgehead atoms. The van der Waals surface area contributed by atoms with Gasteiger partial charge in [0.25, 0.3) is 0 Å². The Morgan fingerprint density at radius 2 is 1.47 bits per heavy atom. The van der Waals surface area contributed by atoms with Gasteiger partial charge in [0.1, 0.15) is 5.82 Å². The van der Waals surface area contributed by atoms with Crippen molar-refractivity contribution in [1.29, 1.82) is 0 Å². The number of amides is 4. The van der Waals surface area contributed by atoms with Gasteiger partial charge >= 0.3 is 24.5 Å². The number of urea groups is 1. The summed E-state index contributed by atoms with van der Waals surface area (Å²) in [5.74, 6) is -1.47. The summed E-state index contributed by atoms with van der Waals surface area (Å²) >= 11 is 0. The molecule has 0 radical (unpaired) electrons. The standard InChI is InChI=1S/C30H31F7N4O4/c1-45-27(43)38-22-8-4-18(5-9-22)26(42)39-15-24(17-2-6-21(31)7-3-17)25(16-39)41-11-10-40(28(41)44)23-13-19(29(32,33)34)12-20(14-23)30(35,36)37/h2-3,6-7,12-14,18,22,24-25H,4-5,8-11,15-16H2,1H3,(H,38,43)/t18?,22?,24-,25+/m0/s1. The van der Waals surface area contributed by atoms with Crippen LogP contribution in [0, 0.1) is 11.7 Å². The lowest BCUT2D eigenvalue weighted by molar-refractivity contribution is -0.143. The average Bonchev–Trinajstić information content (AvgIpc) is 3.60. The summed E-state index contributed by atoms with van der Waals surface area (Å²) in [4.78, 5) is 42.7. The Hall–Kier alpha value is -4.04. The molecule has 15 heteroatoms. The summed E-state index contributed by atoms with van der Waals surface area (Å²) in [5.41, 5.74) is -2.97. The molecule has 3 aliphatic rings. The fourth-order valence-corrected chi connectivity index (χ4v) is 6.48. The van der Waals surface area contributed by atoms with Crippen molar-refractivity contribution in [2.24, 2.45) is 5.92 Å². The SMILES string of the molecule is COC(=O)NC1CCC(C(=O)N2C[C@@H](N3CCN(c4cc(C(F)(F)F)cc(C(F)(F)F)c4)C3=O)[C@H](c3ccc(F)cc3)C2)CC1. The molecular formula is C30H31F7N4O4. The summed E-state index contributed by atoms with van der Waals surface area (Å²) in [5, 5.41) is 2.73. The lowest BCUT2D eigenvalue weighted by atomic mass is 9.85. The summed E-state index contributed by atoms with van der Waals surface area (Å²) in [6.07, 6.45) is -8.59. The van der Waals surface area contributed by atoms with E-state index in [-0.39, 0.29) is 50.1 Å². The van der Waals surface area contributed by atoms with Gasteiger partial charge in [0, 0.05) is 49.7 Å². The van der Waals surface area contributed by atoms with E-state index < -0.39 is 59.1 Å². The van der Waals surface area contributed by atoms with Crippen LogP contribution in [0.3, 0.4) is 0 Å². The first kappa shape index (κ1) is 32.4. The molecule has 4 amide bonds. The molecule has 8 nitrogen and oxygen atoms in total. The molecule has 5 rings (SSSR count). The highest BCUT2D eigenvalue weighted by molar-refractivity contribution is 5.95. The van der Waals surface area contributed by atoms with Crippen molar-refractivity contribution in [2.45, 2.75) is 56.0 Å². The summed E-state index contributed by atoms with van der Waals surface area (Å²) < 4.78 is 99.4. The van der Waals surface area contributed by atoms with Gasteiger partial charge in [0.2, 0.25) is 5.91 Å². The molecule has 2 atom stereocenters. The molecule has 1 N–H and O–H groups in total. The Kier molecular flexibility index (Phi) is 8.91. The summed E-state index contributed by atoms with van der Waals surface area (Å²) in [6, 6.07) is 5.00. The van der Waals surface area contributed by atoms with E-state index >= 15 is 0 Å². The summed E-state index contributed by atoms with van der Waals surface area (Å²) in [6.45, 7) is 0.0819. The fourth-order valence-electron chi connectivity index (χ4n) is 6.48. The van der Waals surface area contributed by atoms with E-state index in [4.69, 9.17) is 0 Å². The molecule has 1 aliphatic carbocycles. The molecule has 2 aromatic rings. The maximum Gasteiger partial charge on any atom is 0.416 e. The van der Waals surface area contributed by atoms with Gasteiger partial charge in [0.05, 0.1) is 24.3 Å². The van der Waals surface area contributed by atoms with E-state index in [1.165, 1.54) is 36.3 Å². The van der Waals surface area contributed by atoms with Crippen molar-refractivity contribution in [3.05, 3.63) is 65.0 Å². The number of carbonyl (C=O) groups is 3. The third-order valence-electron chi connectivity index (χ3n) is 8.81. The predicted octanol–water partition coefficient (Wildman–Crippen LogP) is 6.01. The fraction of sp³-hybridized carbons (Fsp3) is 0.500. The number of hydrogen-bond acceptors (Lipinski definition) is 4. The lowest BCUT2D eigenvalue weighted by Gasteiger charge is -2.31. The number of nitrogens with one attached hydrogen (secondary N) is 1. The van der Waals surface area contributed by atoms with E-state index in [1.54, 1.807) is 4.90 Å². The van der Waals surface area contributed by atoms with Gasteiger partial charge in [-0.25, -0.2) is 14.0 Å². The molecule has 2 heterocycles. The monoisotopic (exact) mass is 644 g/mol. The number of alkyl halides is 6. The molecule has 3 fully saturated rings. The molecule has 2 saturated heterocycles. The zero-order valence-corrected chi connectivity index (χ0v) is 24.1. The Morgan fingerprint density at radius 1 is 0.867 bits per heavy atom. The molecular weight excluding hydrogens is 613 g/mol. The minimum absolute atomic E-state index is 0.00577. The molecule has 2 aromatic carbocycles. The van der Waals surface area contributed by atoms with Crippen LogP contribution >= 0.6 is 0 Å². The lowest BCUT2D eigenvalue weighted by Crippen LogP contribution is -2.45. The van der Waals surface area contributed by atoms with Gasteiger partial charge in [-0.05, 0) is 61.6 Å². The molecule has 244 valence electrons. The van der Waals surface area contributed by atoms with Crippen molar-refractivity contribution in [2.75, 3.05) is 38.2 Å². The third kappa shape index (κ3) is 6.96. The van der Waals surface area contributed by atoms with Gasteiger partial charge in [-0.3, -0.25) is 9.69 Å². The number of alkyl carbamates (subject to hydrolysis) is 1. The summed E-state index contributed by atoms with van der Waals surface area (Å²) in [7, 11) is 1.26. The van der Waals surface area contributed by atoms with E-state index in [9.17, 15) is 45.1 Å². The number of benzene rings is 2. The normalized spacial score (nSPS) is 24.3. The number of hydrogen-bond donors (Lipinski definition) is 1. The van der Waals surface area contributed by atoms with Crippen molar-refractivity contribution >= 4 is 23.7 Å². The van der Waals surface area contributed by atoms with Crippen LogP contribution in [0.15, 0.2) is 42.5 Å².